The van der Waals surface area contributed by atoms with Crippen molar-refractivity contribution in [1.29, 1.82) is 0 Å². The van der Waals surface area contributed by atoms with Crippen molar-refractivity contribution in [3.63, 3.8) is 0 Å². The minimum atomic E-state index is -0.0427. The number of hydrogen-bond donors (Lipinski definition) is 1. The highest BCUT2D eigenvalue weighted by Gasteiger charge is 2.38. The van der Waals surface area contributed by atoms with Gasteiger partial charge < -0.3 is 9.84 Å². The summed E-state index contributed by atoms with van der Waals surface area (Å²) in [7, 11) is 0. The molecule has 2 heterocycles. The molecule has 1 saturated heterocycles. The first kappa shape index (κ1) is 10.6. The molecule has 1 aromatic rings. The Labute approximate surface area is 90.4 Å². The van der Waals surface area contributed by atoms with Gasteiger partial charge in [-0.15, -0.1) is 0 Å². The molecule has 0 spiro atoms. The van der Waals surface area contributed by atoms with E-state index >= 15 is 0 Å². The Morgan fingerprint density at radius 2 is 2.33 bits per heavy atom. The summed E-state index contributed by atoms with van der Waals surface area (Å²) < 4.78 is 5.37. The van der Waals surface area contributed by atoms with Crippen molar-refractivity contribution in [1.82, 2.24) is 15.5 Å². The summed E-state index contributed by atoms with van der Waals surface area (Å²) in [6, 6.07) is 0. The van der Waals surface area contributed by atoms with Crippen molar-refractivity contribution >= 4 is 0 Å². The maximum atomic E-state index is 5.37. The van der Waals surface area contributed by atoms with Crippen molar-refractivity contribution in [3.05, 3.63) is 11.7 Å². The molecule has 84 valence electrons. The van der Waals surface area contributed by atoms with Gasteiger partial charge in [-0.2, -0.15) is 4.98 Å². The monoisotopic (exact) mass is 209 g/mol. The second-order valence-corrected chi connectivity index (χ2v) is 4.23. The lowest BCUT2D eigenvalue weighted by Gasteiger charge is -2.22. The van der Waals surface area contributed by atoms with Gasteiger partial charge in [0.1, 0.15) is 0 Å². The summed E-state index contributed by atoms with van der Waals surface area (Å²) in [6.45, 7) is 5.35. The van der Waals surface area contributed by atoms with E-state index in [9.17, 15) is 0 Å². The van der Waals surface area contributed by atoms with Gasteiger partial charge in [0.05, 0.1) is 5.54 Å². The number of rotatable bonds is 4. The zero-order chi connectivity index (χ0) is 10.7. The predicted molar refractivity (Wildman–Crippen MR) is 57.5 cm³/mol. The minimum absolute atomic E-state index is 0.0427. The van der Waals surface area contributed by atoms with Gasteiger partial charge in [0.15, 0.2) is 5.82 Å². The van der Waals surface area contributed by atoms with Crippen molar-refractivity contribution in [2.75, 3.05) is 6.54 Å². The molecule has 0 radical (unpaired) electrons. The zero-order valence-electron chi connectivity index (χ0n) is 9.55. The predicted octanol–water partition coefficient (Wildman–Crippen LogP) is 2.01. The van der Waals surface area contributed by atoms with Crippen molar-refractivity contribution in [2.45, 2.75) is 51.5 Å². The summed E-state index contributed by atoms with van der Waals surface area (Å²) in [5.74, 6) is 1.62. The molecule has 1 aliphatic heterocycles. The quantitative estimate of drug-likeness (QED) is 0.824. The number of nitrogens with zero attached hydrogens (tertiary/aromatic N) is 2. The molecule has 4 heteroatoms. The maximum Gasteiger partial charge on any atom is 0.246 e. The Bertz CT molecular complexity index is 315. The molecule has 1 aromatic heterocycles. The average molecular weight is 209 g/mol. The lowest BCUT2D eigenvalue weighted by atomic mass is 9.94. The molecule has 1 unspecified atom stereocenters. The van der Waals surface area contributed by atoms with Gasteiger partial charge in [0.2, 0.25) is 5.89 Å². The van der Waals surface area contributed by atoms with Crippen LogP contribution in [-0.2, 0) is 12.0 Å². The van der Waals surface area contributed by atoms with Crippen LogP contribution in [0, 0.1) is 0 Å². The third-order valence-corrected chi connectivity index (χ3v) is 3.20. The maximum absolute atomic E-state index is 5.37. The van der Waals surface area contributed by atoms with Gasteiger partial charge in [0.25, 0.3) is 0 Å². The first-order valence-corrected chi connectivity index (χ1v) is 5.89. The topological polar surface area (TPSA) is 51.0 Å². The van der Waals surface area contributed by atoms with Crippen molar-refractivity contribution in [2.24, 2.45) is 0 Å². The molecule has 1 N–H and O–H groups in total. The number of hydrogen-bond acceptors (Lipinski definition) is 4. The Hall–Kier alpha value is -0.900. The van der Waals surface area contributed by atoms with Crippen LogP contribution in [0.5, 0.6) is 0 Å². The summed E-state index contributed by atoms with van der Waals surface area (Å²) in [5.41, 5.74) is -0.0427. The summed E-state index contributed by atoms with van der Waals surface area (Å²) in [5, 5.41) is 7.51. The molecule has 0 aliphatic carbocycles. The molecule has 1 aliphatic rings. The number of aromatic nitrogens is 2. The molecule has 4 nitrogen and oxygen atoms in total. The molecule has 2 rings (SSSR count). The molecule has 1 atom stereocenters. The molecule has 0 bridgehead atoms. The second kappa shape index (κ2) is 4.31. The highest BCUT2D eigenvalue weighted by Crippen LogP contribution is 2.32. The van der Waals surface area contributed by atoms with Crippen LogP contribution in [0.25, 0.3) is 0 Å². The van der Waals surface area contributed by atoms with Crippen LogP contribution in [-0.4, -0.2) is 16.7 Å². The average Bonchev–Trinajstić information content (AvgIpc) is 2.86. The van der Waals surface area contributed by atoms with Crippen molar-refractivity contribution < 1.29 is 4.52 Å². The molecule has 0 aromatic carbocycles. The molecule has 0 saturated carbocycles. The SMILES string of the molecule is CCCc1noc(C2(CC)CCCN2)n1. The molecular formula is C11H19N3O. The van der Waals surface area contributed by atoms with E-state index in [4.69, 9.17) is 4.52 Å². The fourth-order valence-corrected chi connectivity index (χ4v) is 2.22. The van der Waals surface area contributed by atoms with Gasteiger partial charge >= 0.3 is 0 Å². The standard InChI is InChI=1S/C11H19N3O/c1-3-6-9-13-10(15-14-9)11(4-2)7-5-8-12-11/h12H,3-8H2,1-2H3. The molecular weight excluding hydrogens is 190 g/mol. The lowest BCUT2D eigenvalue weighted by Crippen LogP contribution is -2.36. The van der Waals surface area contributed by atoms with E-state index in [0.29, 0.717) is 0 Å². The van der Waals surface area contributed by atoms with Crippen LogP contribution in [0.2, 0.25) is 0 Å². The van der Waals surface area contributed by atoms with E-state index in [1.807, 2.05) is 0 Å². The van der Waals surface area contributed by atoms with Crippen LogP contribution in [0.15, 0.2) is 4.52 Å². The Kier molecular flexibility index (Phi) is 3.05. The van der Waals surface area contributed by atoms with Crippen LogP contribution >= 0.6 is 0 Å². The third kappa shape index (κ3) is 1.91. The lowest BCUT2D eigenvalue weighted by molar-refractivity contribution is 0.249. The minimum Gasteiger partial charge on any atom is -0.337 e. The fourth-order valence-electron chi connectivity index (χ4n) is 2.22. The van der Waals surface area contributed by atoms with Crippen LogP contribution in [0.3, 0.4) is 0 Å². The molecule has 1 fully saturated rings. The second-order valence-electron chi connectivity index (χ2n) is 4.23. The van der Waals surface area contributed by atoms with E-state index in [1.54, 1.807) is 0 Å². The van der Waals surface area contributed by atoms with E-state index in [2.05, 4.69) is 29.3 Å². The summed E-state index contributed by atoms with van der Waals surface area (Å²) in [6.07, 6.45) is 5.28. The first-order chi connectivity index (χ1) is 7.30. The van der Waals surface area contributed by atoms with Crippen LogP contribution < -0.4 is 5.32 Å². The summed E-state index contributed by atoms with van der Waals surface area (Å²) in [4.78, 5) is 4.48. The van der Waals surface area contributed by atoms with Gasteiger partial charge in [-0.3, -0.25) is 0 Å². The van der Waals surface area contributed by atoms with E-state index < -0.39 is 0 Å². The summed E-state index contributed by atoms with van der Waals surface area (Å²) >= 11 is 0. The zero-order valence-corrected chi connectivity index (χ0v) is 9.55. The third-order valence-electron chi connectivity index (χ3n) is 3.20. The highest BCUT2D eigenvalue weighted by atomic mass is 16.5. The molecule has 0 amide bonds. The van der Waals surface area contributed by atoms with E-state index in [-0.39, 0.29) is 5.54 Å². The van der Waals surface area contributed by atoms with Crippen LogP contribution in [0.1, 0.15) is 51.2 Å². The van der Waals surface area contributed by atoms with E-state index in [1.165, 1.54) is 6.42 Å². The molecule has 15 heavy (non-hydrogen) atoms. The Morgan fingerprint density at radius 1 is 1.47 bits per heavy atom. The van der Waals surface area contributed by atoms with Gasteiger partial charge in [-0.25, -0.2) is 0 Å². The normalized spacial score (nSPS) is 26.0. The highest BCUT2D eigenvalue weighted by molar-refractivity contribution is 5.06. The van der Waals surface area contributed by atoms with Gasteiger partial charge in [-0.05, 0) is 32.2 Å². The Morgan fingerprint density at radius 3 is 2.93 bits per heavy atom. The number of aryl methyl sites for hydroxylation is 1. The fraction of sp³-hybridized carbons (Fsp3) is 0.818. The van der Waals surface area contributed by atoms with Gasteiger partial charge in [0, 0.05) is 6.42 Å². The first-order valence-electron chi connectivity index (χ1n) is 5.89. The van der Waals surface area contributed by atoms with Crippen molar-refractivity contribution in [3.8, 4) is 0 Å². The Balaban J connectivity index is 2.19. The van der Waals surface area contributed by atoms with E-state index in [0.717, 1.165) is 43.9 Å². The smallest absolute Gasteiger partial charge is 0.246 e. The largest absolute Gasteiger partial charge is 0.337 e. The number of nitrogens with one attached hydrogen (secondary N) is 1. The van der Waals surface area contributed by atoms with Crippen LogP contribution in [0.4, 0.5) is 0 Å². The van der Waals surface area contributed by atoms with Gasteiger partial charge in [-0.1, -0.05) is 19.0 Å².